The van der Waals surface area contributed by atoms with Gasteiger partial charge < -0.3 is 10.6 Å². The van der Waals surface area contributed by atoms with Crippen LogP contribution in [0, 0.1) is 5.92 Å². The van der Waals surface area contributed by atoms with Crippen LogP contribution in [-0.2, 0) is 10.0 Å². The van der Waals surface area contributed by atoms with Gasteiger partial charge in [-0.2, -0.15) is 0 Å². The van der Waals surface area contributed by atoms with E-state index in [0.29, 0.717) is 10.8 Å². The molecule has 1 aliphatic rings. The van der Waals surface area contributed by atoms with Crippen molar-refractivity contribution >= 4 is 15.7 Å². The summed E-state index contributed by atoms with van der Waals surface area (Å²) in [5.74, 6) is 0.411. The van der Waals surface area contributed by atoms with Crippen LogP contribution in [-0.4, -0.2) is 45.9 Å². The maximum atomic E-state index is 12.5. The van der Waals surface area contributed by atoms with Crippen LogP contribution < -0.4 is 10.6 Å². The lowest BCUT2D eigenvalue weighted by atomic mass is 9.90. The molecule has 118 valence electrons. The summed E-state index contributed by atoms with van der Waals surface area (Å²) in [4.78, 5) is 2.54. The van der Waals surface area contributed by atoms with Gasteiger partial charge in [-0.25, -0.2) is 12.7 Å². The SMILES string of the molecule is CCC1CN(c2ccccc2S(=O)(=O)N(C)C)CCC1N. The van der Waals surface area contributed by atoms with Crippen LogP contribution >= 0.6 is 0 Å². The molecule has 2 rings (SSSR count). The number of para-hydroxylation sites is 1. The van der Waals surface area contributed by atoms with Crippen molar-refractivity contribution in [3.8, 4) is 0 Å². The Hall–Kier alpha value is -1.11. The molecule has 1 aromatic carbocycles. The lowest BCUT2D eigenvalue weighted by molar-refractivity contribution is 0.347. The molecule has 0 bridgehead atoms. The van der Waals surface area contributed by atoms with E-state index in [0.717, 1.165) is 31.6 Å². The van der Waals surface area contributed by atoms with Gasteiger partial charge in [0.25, 0.3) is 0 Å². The summed E-state index contributed by atoms with van der Waals surface area (Å²) >= 11 is 0. The number of rotatable bonds is 4. The molecule has 1 fully saturated rings. The van der Waals surface area contributed by atoms with E-state index in [9.17, 15) is 8.42 Å². The van der Waals surface area contributed by atoms with Gasteiger partial charge in [0.15, 0.2) is 0 Å². The summed E-state index contributed by atoms with van der Waals surface area (Å²) in [5, 5.41) is 0. The van der Waals surface area contributed by atoms with E-state index in [4.69, 9.17) is 5.73 Å². The molecule has 1 saturated heterocycles. The molecule has 1 heterocycles. The van der Waals surface area contributed by atoms with Crippen LogP contribution in [0.4, 0.5) is 5.69 Å². The second-order valence-corrected chi connectivity index (χ2v) is 7.94. The summed E-state index contributed by atoms with van der Waals surface area (Å²) < 4.78 is 26.2. The van der Waals surface area contributed by atoms with Crippen LogP contribution in [0.2, 0.25) is 0 Å². The van der Waals surface area contributed by atoms with Crippen LogP contribution in [0.1, 0.15) is 19.8 Å². The fraction of sp³-hybridized carbons (Fsp3) is 0.600. The molecule has 2 atom stereocenters. The standard InChI is InChI=1S/C15H25N3O2S/c1-4-12-11-18(10-9-13(12)16)14-7-5-6-8-15(14)21(19,20)17(2)3/h5-8,12-13H,4,9-11,16H2,1-3H3. The van der Waals surface area contributed by atoms with Crippen molar-refractivity contribution in [3.05, 3.63) is 24.3 Å². The fourth-order valence-corrected chi connectivity index (χ4v) is 3.94. The lowest BCUT2D eigenvalue weighted by Crippen LogP contribution is -2.47. The third-order valence-corrected chi connectivity index (χ3v) is 6.14. The Morgan fingerprint density at radius 2 is 2.00 bits per heavy atom. The Bertz CT molecular complexity index is 586. The molecule has 6 heteroatoms. The van der Waals surface area contributed by atoms with Crippen molar-refractivity contribution in [1.82, 2.24) is 4.31 Å². The van der Waals surface area contributed by atoms with Crippen molar-refractivity contribution in [2.24, 2.45) is 11.7 Å². The number of hydrogen-bond acceptors (Lipinski definition) is 4. The molecule has 0 radical (unpaired) electrons. The molecule has 0 aliphatic carbocycles. The summed E-state index contributed by atoms with van der Waals surface area (Å²) in [6.07, 6.45) is 1.91. The molecule has 5 nitrogen and oxygen atoms in total. The minimum atomic E-state index is -3.43. The van der Waals surface area contributed by atoms with Crippen LogP contribution in [0.3, 0.4) is 0 Å². The van der Waals surface area contributed by atoms with Gasteiger partial charge in [-0.3, -0.25) is 0 Å². The number of piperidine rings is 1. The first-order valence-electron chi connectivity index (χ1n) is 7.40. The van der Waals surface area contributed by atoms with Gasteiger partial charge >= 0.3 is 0 Å². The highest BCUT2D eigenvalue weighted by Gasteiger charge is 2.29. The fourth-order valence-electron chi connectivity index (χ4n) is 2.83. The second-order valence-electron chi connectivity index (χ2n) is 5.82. The highest BCUT2D eigenvalue weighted by Crippen LogP contribution is 2.30. The molecule has 2 N–H and O–H groups in total. The average molecular weight is 311 g/mol. The quantitative estimate of drug-likeness (QED) is 0.915. The first-order valence-corrected chi connectivity index (χ1v) is 8.84. The summed E-state index contributed by atoms with van der Waals surface area (Å²) in [5.41, 5.74) is 6.94. The first kappa shape index (κ1) is 16.3. The van der Waals surface area contributed by atoms with Crippen molar-refractivity contribution in [2.45, 2.75) is 30.7 Å². The molecule has 2 unspecified atom stereocenters. The van der Waals surface area contributed by atoms with Crippen molar-refractivity contribution < 1.29 is 8.42 Å². The monoisotopic (exact) mass is 311 g/mol. The molecule has 0 aromatic heterocycles. The Balaban J connectivity index is 2.37. The van der Waals surface area contributed by atoms with E-state index in [-0.39, 0.29) is 6.04 Å². The zero-order valence-corrected chi connectivity index (χ0v) is 13.8. The second kappa shape index (κ2) is 6.34. The molecule has 1 aliphatic heterocycles. The van der Waals surface area contributed by atoms with E-state index >= 15 is 0 Å². The van der Waals surface area contributed by atoms with E-state index < -0.39 is 10.0 Å². The Kier molecular flexibility index (Phi) is 4.91. The van der Waals surface area contributed by atoms with Gasteiger partial charge in [0.1, 0.15) is 4.90 Å². The first-order chi connectivity index (χ1) is 9.87. The van der Waals surface area contributed by atoms with E-state index in [1.807, 2.05) is 12.1 Å². The van der Waals surface area contributed by atoms with Gasteiger partial charge in [-0.05, 0) is 24.5 Å². The van der Waals surface area contributed by atoms with Crippen molar-refractivity contribution in [1.29, 1.82) is 0 Å². The summed E-state index contributed by atoms with van der Waals surface area (Å²) in [6.45, 7) is 3.76. The predicted octanol–water partition coefficient (Wildman–Crippen LogP) is 1.50. The Morgan fingerprint density at radius 1 is 1.33 bits per heavy atom. The Labute approximate surface area is 127 Å². The number of nitrogens with zero attached hydrogens (tertiary/aromatic N) is 2. The third-order valence-electron chi connectivity index (χ3n) is 4.28. The summed E-state index contributed by atoms with van der Waals surface area (Å²) in [6, 6.07) is 7.44. The highest BCUT2D eigenvalue weighted by atomic mass is 32.2. The molecule has 0 amide bonds. The zero-order chi connectivity index (χ0) is 15.6. The topological polar surface area (TPSA) is 66.6 Å². The summed E-state index contributed by atoms with van der Waals surface area (Å²) in [7, 11) is -0.309. The number of hydrogen-bond donors (Lipinski definition) is 1. The van der Waals surface area contributed by atoms with Crippen LogP contribution in [0.15, 0.2) is 29.2 Å². The number of benzene rings is 1. The van der Waals surface area contributed by atoms with Gasteiger partial charge in [-0.1, -0.05) is 25.5 Å². The molecule has 0 saturated carbocycles. The maximum Gasteiger partial charge on any atom is 0.244 e. The van der Waals surface area contributed by atoms with E-state index in [1.54, 1.807) is 26.2 Å². The van der Waals surface area contributed by atoms with Crippen LogP contribution in [0.5, 0.6) is 0 Å². The normalized spacial score (nSPS) is 23.6. The lowest BCUT2D eigenvalue weighted by Gasteiger charge is -2.38. The maximum absolute atomic E-state index is 12.5. The average Bonchev–Trinajstić information content (AvgIpc) is 2.47. The smallest absolute Gasteiger partial charge is 0.244 e. The molecular formula is C15H25N3O2S. The third kappa shape index (κ3) is 3.22. The highest BCUT2D eigenvalue weighted by molar-refractivity contribution is 7.89. The minimum Gasteiger partial charge on any atom is -0.370 e. The van der Waals surface area contributed by atoms with E-state index in [2.05, 4.69) is 11.8 Å². The van der Waals surface area contributed by atoms with Gasteiger partial charge in [-0.15, -0.1) is 0 Å². The number of sulfonamides is 1. The van der Waals surface area contributed by atoms with Crippen molar-refractivity contribution in [3.63, 3.8) is 0 Å². The van der Waals surface area contributed by atoms with Crippen molar-refractivity contribution in [2.75, 3.05) is 32.1 Å². The van der Waals surface area contributed by atoms with Gasteiger partial charge in [0.2, 0.25) is 10.0 Å². The zero-order valence-electron chi connectivity index (χ0n) is 13.0. The van der Waals surface area contributed by atoms with Crippen LogP contribution in [0.25, 0.3) is 0 Å². The van der Waals surface area contributed by atoms with Gasteiger partial charge in [0, 0.05) is 33.2 Å². The molecule has 1 aromatic rings. The largest absolute Gasteiger partial charge is 0.370 e. The van der Waals surface area contributed by atoms with E-state index in [1.165, 1.54) is 4.31 Å². The number of anilines is 1. The van der Waals surface area contributed by atoms with Gasteiger partial charge in [0.05, 0.1) is 5.69 Å². The molecule has 0 spiro atoms. The minimum absolute atomic E-state index is 0.212. The molecular weight excluding hydrogens is 286 g/mol. The number of nitrogens with two attached hydrogens (primary N) is 1. The molecule has 21 heavy (non-hydrogen) atoms. The predicted molar refractivity (Wildman–Crippen MR) is 85.9 cm³/mol. The Morgan fingerprint density at radius 3 is 2.62 bits per heavy atom.